The van der Waals surface area contributed by atoms with Crippen LogP contribution in [0.5, 0.6) is 0 Å². The van der Waals surface area contributed by atoms with Crippen LogP contribution in [-0.2, 0) is 14.8 Å². The third kappa shape index (κ3) is 2.39. The van der Waals surface area contributed by atoms with Gasteiger partial charge in [0.25, 0.3) is 0 Å². The van der Waals surface area contributed by atoms with Crippen molar-refractivity contribution in [3.8, 4) is 0 Å². The lowest BCUT2D eigenvalue weighted by Gasteiger charge is -1.98. The minimum atomic E-state index is -3.60. The van der Waals surface area contributed by atoms with Crippen molar-refractivity contribution in [2.75, 3.05) is 0 Å². The molecule has 0 aromatic carbocycles. The quantitative estimate of drug-likeness (QED) is 0.772. The van der Waals surface area contributed by atoms with Crippen LogP contribution in [0.25, 0.3) is 5.65 Å². The summed E-state index contributed by atoms with van der Waals surface area (Å²) in [5, 5.41) is 0.258. The molecule has 8 heteroatoms. The number of halogens is 2. The smallest absolute Gasteiger partial charge is 0.238 e. The van der Waals surface area contributed by atoms with Crippen LogP contribution in [-0.4, -0.2) is 22.8 Å². The molecule has 2 aromatic heterocycles. The third-order valence-electron chi connectivity index (χ3n) is 1.76. The van der Waals surface area contributed by atoms with Gasteiger partial charge in [0.15, 0.2) is 5.65 Å². The van der Waals surface area contributed by atoms with Crippen LogP contribution in [0, 0.1) is 0 Å². The molecule has 2 rings (SSSR count). The summed E-state index contributed by atoms with van der Waals surface area (Å²) in [4.78, 5) is 7.78. The topological polar surface area (TPSA) is 64.3 Å². The summed E-state index contributed by atoms with van der Waals surface area (Å²) in [6.07, 6.45) is 4.36. The zero-order chi connectivity index (χ0) is 11.1. The van der Waals surface area contributed by atoms with Crippen molar-refractivity contribution in [2.24, 2.45) is 0 Å². The van der Waals surface area contributed by atoms with E-state index in [1.165, 1.54) is 23.0 Å². The van der Waals surface area contributed by atoms with Gasteiger partial charge >= 0.3 is 0 Å². The van der Waals surface area contributed by atoms with E-state index in [0.29, 0.717) is 11.3 Å². The first-order valence-corrected chi connectivity index (χ1v) is 6.71. The first-order chi connectivity index (χ1) is 6.96. The molecule has 0 spiro atoms. The number of rotatable bonds is 2. The highest BCUT2D eigenvalue weighted by molar-refractivity contribution is 8.13. The van der Waals surface area contributed by atoms with E-state index in [1.807, 2.05) is 0 Å². The Labute approximate surface area is 95.1 Å². The van der Waals surface area contributed by atoms with E-state index in [-0.39, 0.29) is 10.9 Å². The molecule has 80 valence electrons. The van der Waals surface area contributed by atoms with Crippen molar-refractivity contribution in [1.82, 2.24) is 14.4 Å². The van der Waals surface area contributed by atoms with Gasteiger partial charge in [-0.3, -0.25) is 4.40 Å². The molecule has 0 aliphatic carbocycles. The van der Waals surface area contributed by atoms with E-state index in [1.54, 1.807) is 0 Å². The van der Waals surface area contributed by atoms with Gasteiger partial charge in [-0.2, -0.15) is 0 Å². The van der Waals surface area contributed by atoms with Crippen LogP contribution in [0.2, 0.25) is 5.15 Å². The Balaban J connectivity index is 2.57. The van der Waals surface area contributed by atoms with E-state index in [0.717, 1.165) is 0 Å². The number of fused-ring (bicyclic) bond motifs is 1. The Kier molecular flexibility index (Phi) is 2.57. The maximum Gasteiger partial charge on any atom is 0.238 e. The number of nitrogens with zero attached hydrogens (tertiary/aromatic N) is 3. The molecular formula is C7H5Cl2N3O2S. The van der Waals surface area contributed by atoms with Crippen LogP contribution >= 0.6 is 22.3 Å². The molecule has 0 radical (unpaired) electrons. The lowest BCUT2D eigenvalue weighted by atomic mass is 10.5. The number of imidazole rings is 1. The lowest BCUT2D eigenvalue weighted by Crippen LogP contribution is -1.99. The monoisotopic (exact) mass is 265 g/mol. The van der Waals surface area contributed by atoms with Crippen LogP contribution in [0.4, 0.5) is 0 Å². The van der Waals surface area contributed by atoms with Gasteiger partial charge in [0.2, 0.25) is 9.05 Å². The van der Waals surface area contributed by atoms with Crippen LogP contribution in [0.1, 0.15) is 5.69 Å². The van der Waals surface area contributed by atoms with Gasteiger partial charge < -0.3 is 0 Å². The van der Waals surface area contributed by atoms with Crippen LogP contribution in [0.3, 0.4) is 0 Å². The normalized spacial score (nSPS) is 12.1. The molecule has 0 saturated carbocycles. The van der Waals surface area contributed by atoms with E-state index < -0.39 is 9.05 Å². The van der Waals surface area contributed by atoms with Crippen LogP contribution < -0.4 is 0 Å². The summed E-state index contributed by atoms with van der Waals surface area (Å²) >= 11 is 5.68. The molecule has 0 bridgehead atoms. The Bertz CT molecular complexity index is 608. The molecule has 5 nitrogen and oxygen atoms in total. The predicted octanol–water partition coefficient (Wildman–Crippen LogP) is 1.45. The predicted molar refractivity (Wildman–Crippen MR) is 56.5 cm³/mol. The molecular weight excluding hydrogens is 261 g/mol. The summed E-state index contributed by atoms with van der Waals surface area (Å²) in [5.74, 6) is -0.296. The van der Waals surface area contributed by atoms with Gasteiger partial charge in [-0.25, -0.2) is 18.4 Å². The summed E-state index contributed by atoms with van der Waals surface area (Å²) in [6, 6.07) is 0. The zero-order valence-corrected chi connectivity index (χ0v) is 9.59. The van der Waals surface area contributed by atoms with E-state index in [9.17, 15) is 8.42 Å². The minimum Gasteiger partial charge on any atom is -0.299 e. The molecule has 0 atom stereocenters. The largest absolute Gasteiger partial charge is 0.299 e. The van der Waals surface area contributed by atoms with Gasteiger partial charge in [-0.05, 0) is 0 Å². The van der Waals surface area contributed by atoms with Crippen LogP contribution in [0.15, 0.2) is 18.6 Å². The summed E-state index contributed by atoms with van der Waals surface area (Å²) < 4.78 is 23.3. The highest BCUT2D eigenvalue weighted by atomic mass is 35.7. The van der Waals surface area contributed by atoms with Crippen molar-refractivity contribution in [1.29, 1.82) is 0 Å². The summed E-state index contributed by atoms with van der Waals surface area (Å²) in [7, 11) is 1.54. The summed E-state index contributed by atoms with van der Waals surface area (Å²) in [5.41, 5.74) is 0.971. The highest BCUT2D eigenvalue weighted by Crippen LogP contribution is 2.13. The molecule has 0 N–H and O–H groups in total. The molecule has 15 heavy (non-hydrogen) atoms. The second kappa shape index (κ2) is 3.62. The lowest BCUT2D eigenvalue weighted by molar-refractivity contribution is 0.608. The number of hydrogen-bond donors (Lipinski definition) is 0. The van der Waals surface area contributed by atoms with Crippen molar-refractivity contribution >= 4 is 37.0 Å². The van der Waals surface area contributed by atoms with Gasteiger partial charge in [0.1, 0.15) is 10.9 Å². The fraction of sp³-hybridized carbons (Fsp3) is 0.143. The Morgan fingerprint density at radius 1 is 1.33 bits per heavy atom. The zero-order valence-electron chi connectivity index (χ0n) is 7.26. The molecule has 0 fully saturated rings. The number of aromatic nitrogens is 3. The molecule has 0 aliphatic heterocycles. The number of hydrogen-bond acceptors (Lipinski definition) is 4. The molecule has 2 heterocycles. The van der Waals surface area contributed by atoms with E-state index in [2.05, 4.69) is 9.97 Å². The fourth-order valence-corrected chi connectivity index (χ4v) is 2.25. The summed E-state index contributed by atoms with van der Waals surface area (Å²) in [6.45, 7) is 0. The Hall–Kier alpha value is -0.850. The first-order valence-electron chi connectivity index (χ1n) is 3.85. The first kappa shape index (κ1) is 10.7. The highest BCUT2D eigenvalue weighted by Gasteiger charge is 2.12. The minimum absolute atomic E-state index is 0.258. The van der Waals surface area contributed by atoms with Gasteiger partial charge in [-0.1, -0.05) is 11.6 Å². The average Bonchev–Trinajstić information content (AvgIpc) is 2.46. The van der Waals surface area contributed by atoms with Gasteiger partial charge in [0, 0.05) is 16.9 Å². The van der Waals surface area contributed by atoms with Crippen molar-refractivity contribution < 1.29 is 8.42 Å². The molecule has 0 aliphatic rings. The Morgan fingerprint density at radius 2 is 2.07 bits per heavy atom. The SMILES string of the molecule is O=S(=O)(Cl)Cc1cnc2cnc(Cl)cn12. The maximum atomic E-state index is 10.9. The second-order valence-corrected chi connectivity index (χ2v) is 6.04. The standard InChI is InChI=1S/C7H5Cl2N3O2S/c8-6-3-12-5(4-15(9,13)14)1-11-7(12)2-10-6/h1-3H,4H2. The third-order valence-corrected chi connectivity index (χ3v) is 2.92. The van der Waals surface area contributed by atoms with Crippen molar-refractivity contribution in [3.63, 3.8) is 0 Å². The van der Waals surface area contributed by atoms with Crippen molar-refractivity contribution in [2.45, 2.75) is 5.75 Å². The average molecular weight is 266 g/mol. The maximum absolute atomic E-state index is 10.9. The molecule has 0 saturated heterocycles. The Morgan fingerprint density at radius 3 is 2.73 bits per heavy atom. The van der Waals surface area contributed by atoms with Gasteiger partial charge in [-0.15, -0.1) is 0 Å². The van der Waals surface area contributed by atoms with E-state index >= 15 is 0 Å². The fourth-order valence-electron chi connectivity index (χ4n) is 1.20. The second-order valence-electron chi connectivity index (χ2n) is 2.87. The molecule has 0 amide bonds. The molecule has 0 unspecified atom stereocenters. The van der Waals surface area contributed by atoms with Gasteiger partial charge in [0.05, 0.1) is 18.1 Å². The molecule has 2 aromatic rings. The van der Waals surface area contributed by atoms with Crippen molar-refractivity contribution in [3.05, 3.63) is 29.4 Å². The van der Waals surface area contributed by atoms with E-state index in [4.69, 9.17) is 22.3 Å².